The zero-order valence-electron chi connectivity index (χ0n) is 12.0. The molecule has 1 aliphatic heterocycles. The van der Waals surface area contributed by atoms with Crippen LogP contribution in [0, 0.1) is 5.92 Å². The van der Waals surface area contributed by atoms with E-state index in [1.165, 1.54) is 7.11 Å². The smallest absolute Gasteiger partial charge is 0.377 e. The van der Waals surface area contributed by atoms with Crippen molar-refractivity contribution in [1.82, 2.24) is 14.3 Å². The number of nitrogens with one attached hydrogen (secondary N) is 1. The Balaban J connectivity index is 1.98. The third-order valence-electron chi connectivity index (χ3n) is 3.18. The number of likely N-dealkylation sites (tertiary alicyclic amines) is 1. The first kappa shape index (κ1) is 15.4. The van der Waals surface area contributed by atoms with Crippen molar-refractivity contribution in [3.05, 3.63) is 5.82 Å². The van der Waals surface area contributed by atoms with Gasteiger partial charge < -0.3 is 15.0 Å². The molecule has 1 aromatic heterocycles. The molecular weight excluding hydrogens is 296 g/mol. The minimum atomic E-state index is -0.659. The Hall–Kier alpha value is -2.03. The van der Waals surface area contributed by atoms with Gasteiger partial charge >= 0.3 is 5.97 Å². The Morgan fingerprint density at radius 2 is 2.19 bits per heavy atom. The molecule has 2 rings (SSSR count). The summed E-state index contributed by atoms with van der Waals surface area (Å²) in [6.07, 6.45) is 0.187. The Bertz CT molecular complexity index is 571. The summed E-state index contributed by atoms with van der Waals surface area (Å²) in [6.45, 7) is 4.21. The van der Waals surface area contributed by atoms with Crippen LogP contribution in [0.15, 0.2) is 0 Å². The van der Waals surface area contributed by atoms with Crippen LogP contribution in [0.3, 0.4) is 0 Å². The minimum Gasteiger partial charge on any atom is -0.463 e. The number of carbonyl (C=O) groups excluding carboxylic acids is 3. The van der Waals surface area contributed by atoms with Crippen molar-refractivity contribution < 1.29 is 19.1 Å². The van der Waals surface area contributed by atoms with Crippen LogP contribution in [0.4, 0.5) is 5.13 Å². The summed E-state index contributed by atoms with van der Waals surface area (Å²) in [5.74, 6) is -1.49. The number of esters is 1. The molecule has 0 saturated carbocycles. The number of hydrogen-bond donors (Lipinski definition) is 1. The van der Waals surface area contributed by atoms with Crippen molar-refractivity contribution >= 4 is 34.4 Å². The summed E-state index contributed by atoms with van der Waals surface area (Å²) in [4.78, 5) is 40.6. The van der Waals surface area contributed by atoms with Crippen molar-refractivity contribution in [2.75, 3.05) is 19.0 Å². The molecule has 1 N–H and O–H groups in total. The highest BCUT2D eigenvalue weighted by atomic mass is 32.1. The maximum Gasteiger partial charge on any atom is 0.377 e. The first-order chi connectivity index (χ1) is 9.92. The Labute approximate surface area is 125 Å². The van der Waals surface area contributed by atoms with Crippen LogP contribution in [0.5, 0.6) is 0 Å². The summed E-state index contributed by atoms with van der Waals surface area (Å²) in [7, 11) is 1.23. The molecule has 0 aromatic carbocycles. The van der Waals surface area contributed by atoms with E-state index < -0.39 is 11.9 Å². The van der Waals surface area contributed by atoms with E-state index in [1.54, 1.807) is 4.90 Å². The van der Waals surface area contributed by atoms with Gasteiger partial charge in [-0.3, -0.25) is 9.59 Å². The summed E-state index contributed by atoms with van der Waals surface area (Å²) in [6, 6.07) is 0.0720. The molecule has 1 unspecified atom stereocenters. The van der Waals surface area contributed by atoms with Gasteiger partial charge in [-0.05, 0) is 13.8 Å². The van der Waals surface area contributed by atoms with Crippen LogP contribution in [0.2, 0.25) is 0 Å². The molecule has 2 amide bonds. The number of amides is 2. The second kappa shape index (κ2) is 6.17. The first-order valence-corrected chi connectivity index (χ1v) is 7.22. The Kier molecular flexibility index (Phi) is 4.51. The van der Waals surface area contributed by atoms with Crippen molar-refractivity contribution in [3.8, 4) is 0 Å². The van der Waals surface area contributed by atoms with Gasteiger partial charge in [0.2, 0.25) is 16.9 Å². The zero-order chi connectivity index (χ0) is 15.6. The lowest BCUT2D eigenvalue weighted by Gasteiger charge is -2.20. The molecule has 0 spiro atoms. The van der Waals surface area contributed by atoms with Crippen molar-refractivity contribution in [1.29, 1.82) is 0 Å². The minimum absolute atomic E-state index is 0.0299. The molecule has 1 atom stereocenters. The Morgan fingerprint density at radius 3 is 2.76 bits per heavy atom. The number of anilines is 1. The predicted molar refractivity (Wildman–Crippen MR) is 74.8 cm³/mol. The lowest BCUT2D eigenvalue weighted by molar-refractivity contribution is -0.129. The van der Waals surface area contributed by atoms with Crippen LogP contribution >= 0.6 is 11.5 Å². The fourth-order valence-electron chi connectivity index (χ4n) is 2.06. The summed E-state index contributed by atoms with van der Waals surface area (Å²) in [5.41, 5.74) is 0. The van der Waals surface area contributed by atoms with Gasteiger partial charge in [-0.1, -0.05) is 0 Å². The van der Waals surface area contributed by atoms with Gasteiger partial charge in [0.25, 0.3) is 5.82 Å². The van der Waals surface area contributed by atoms with E-state index in [0.29, 0.717) is 6.54 Å². The molecule has 0 bridgehead atoms. The van der Waals surface area contributed by atoms with E-state index in [4.69, 9.17) is 0 Å². The molecule has 1 fully saturated rings. The quantitative estimate of drug-likeness (QED) is 0.813. The molecular formula is C12H16N4O4S. The number of carbonyl (C=O) groups is 3. The number of rotatable bonds is 4. The van der Waals surface area contributed by atoms with Gasteiger partial charge in [0, 0.05) is 30.5 Å². The molecule has 114 valence electrons. The lowest BCUT2D eigenvalue weighted by atomic mass is 10.1. The fraction of sp³-hybridized carbons (Fsp3) is 0.583. The maximum atomic E-state index is 12.1. The largest absolute Gasteiger partial charge is 0.463 e. The lowest BCUT2D eigenvalue weighted by Crippen LogP contribution is -2.33. The summed E-state index contributed by atoms with van der Waals surface area (Å²) < 4.78 is 8.28. The highest BCUT2D eigenvalue weighted by Crippen LogP contribution is 2.22. The SMILES string of the molecule is COC(=O)c1nsc(NC(=O)C2CC(=O)N(C(C)C)C2)n1. The number of aromatic nitrogens is 2. The molecule has 21 heavy (non-hydrogen) atoms. The van der Waals surface area contributed by atoms with E-state index in [-0.39, 0.29) is 35.2 Å². The van der Waals surface area contributed by atoms with Crippen molar-refractivity contribution in [2.24, 2.45) is 5.92 Å². The van der Waals surface area contributed by atoms with E-state index in [2.05, 4.69) is 19.4 Å². The molecule has 1 saturated heterocycles. The molecule has 8 nitrogen and oxygen atoms in total. The summed E-state index contributed by atoms with van der Waals surface area (Å²) >= 11 is 0.896. The number of ether oxygens (including phenoxy) is 1. The highest BCUT2D eigenvalue weighted by Gasteiger charge is 2.35. The van der Waals surface area contributed by atoms with Crippen LogP contribution in [-0.2, 0) is 14.3 Å². The van der Waals surface area contributed by atoms with Gasteiger partial charge in [-0.2, -0.15) is 9.36 Å². The fourth-order valence-corrected chi connectivity index (χ4v) is 2.62. The molecule has 9 heteroatoms. The summed E-state index contributed by atoms with van der Waals surface area (Å²) in [5, 5.41) is 2.80. The second-order valence-electron chi connectivity index (χ2n) is 4.94. The zero-order valence-corrected chi connectivity index (χ0v) is 12.8. The molecule has 0 radical (unpaired) electrons. The number of methoxy groups -OCH3 is 1. The topological polar surface area (TPSA) is 101 Å². The monoisotopic (exact) mass is 312 g/mol. The third-order valence-corrected chi connectivity index (χ3v) is 3.81. The van der Waals surface area contributed by atoms with Gasteiger partial charge in [0.05, 0.1) is 13.0 Å². The van der Waals surface area contributed by atoms with Crippen LogP contribution < -0.4 is 5.32 Å². The van der Waals surface area contributed by atoms with Gasteiger partial charge in [0.15, 0.2) is 0 Å². The molecule has 1 aliphatic rings. The van der Waals surface area contributed by atoms with Crippen LogP contribution in [-0.4, -0.2) is 51.7 Å². The average molecular weight is 312 g/mol. The van der Waals surface area contributed by atoms with E-state index >= 15 is 0 Å². The van der Waals surface area contributed by atoms with Crippen molar-refractivity contribution in [3.63, 3.8) is 0 Å². The van der Waals surface area contributed by atoms with Gasteiger partial charge in [0.1, 0.15) is 0 Å². The predicted octanol–water partition coefficient (Wildman–Crippen LogP) is 0.520. The standard InChI is InChI=1S/C12H16N4O4S/c1-6(2)16-5-7(4-8(16)17)10(18)14-12-13-9(15-21-12)11(19)20-3/h6-7H,4-5H2,1-3H3,(H,13,14,15,18). The number of nitrogens with zero attached hydrogens (tertiary/aromatic N) is 3. The molecule has 1 aromatic rings. The highest BCUT2D eigenvalue weighted by molar-refractivity contribution is 7.10. The van der Waals surface area contributed by atoms with Crippen LogP contribution in [0.25, 0.3) is 0 Å². The average Bonchev–Trinajstić information content (AvgIpc) is 3.04. The van der Waals surface area contributed by atoms with E-state index in [1.807, 2.05) is 13.8 Å². The van der Waals surface area contributed by atoms with E-state index in [0.717, 1.165) is 11.5 Å². The third kappa shape index (κ3) is 3.35. The Morgan fingerprint density at radius 1 is 1.48 bits per heavy atom. The number of hydrogen-bond acceptors (Lipinski definition) is 7. The van der Waals surface area contributed by atoms with Gasteiger partial charge in [-0.15, -0.1) is 0 Å². The normalized spacial score (nSPS) is 18.2. The first-order valence-electron chi connectivity index (χ1n) is 6.44. The molecule has 2 heterocycles. The second-order valence-corrected chi connectivity index (χ2v) is 5.70. The van der Waals surface area contributed by atoms with Gasteiger partial charge in [-0.25, -0.2) is 4.79 Å². The van der Waals surface area contributed by atoms with Crippen LogP contribution in [0.1, 0.15) is 30.9 Å². The van der Waals surface area contributed by atoms with E-state index in [9.17, 15) is 14.4 Å². The maximum absolute atomic E-state index is 12.1. The van der Waals surface area contributed by atoms with Crippen molar-refractivity contribution in [2.45, 2.75) is 26.3 Å². The molecule has 0 aliphatic carbocycles.